The fourth-order valence-electron chi connectivity index (χ4n) is 2.78. The molecule has 4 nitrogen and oxygen atoms in total. The van der Waals surface area contributed by atoms with E-state index < -0.39 is 0 Å². The van der Waals surface area contributed by atoms with Crippen LogP contribution in [0.5, 0.6) is 0 Å². The molecule has 118 valence electrons. The molecule has 0 aliphatic carbocycles. The molecule has 1 aliphatic heterocycles. The average molecular weight is 373 g/mol. The fraction of sp³-hybridized carbons (Fsp3) is 0.222. The summed E-state index contributed by atoms with van der Waals surface area (Å²) in [6.07, 6.45) is 0.468. The molecular weight excluding hydrogens is 356 g/mol. The van der Waals surface area contributed by atoms with Gasteiger partial charge in [-0.3, -0.25) is 9.59 Å². The Labute approximate surface area is 143 Å². The Balaban J connectivity index is 1.58. The van der Waals surface area contributed by atoms with Crippen LogP contribution in [0.2, 0.25) is 0 Å². The van der Waals surface area contributed by atoms with Crippen LogP contribution in [0.1, 0.15) is 17.9 Å². The van der Waals surface area contributed by atoms with Gasteiger partial charge in [-0.1, -0.05) is 46.3 Å². The van der Waals surface area contributed by atoms with Crippen molar-refractivity contribution in [2.45, 2.75) is 12.3 Å². The molecule has 1 aliphatic rings. The Bertz CT molecular complexity index is 701. The number of amides is 2. The number of likely N-dealkylation sites (tertiary alicyclic amines) is 1. The van der Waals surface area contributed by atoms with Gasteiger partial charge in [0.05, 0.1) is 6.54 Å². The molecule has 0 aromatic heterocycles. The van der Waals surface area contributed by atoms with Gasteiger partial charge in [-0.2, -0.15) is 0 Å². The van der Waals surface area contributed by atoms with Crippen molar-refractivity contribution in [2.24, 2.45) is 0 Å². The van der Waals surface area contributed by atoms with Crippen molar-refractivity contribution in [3.05, 3.63) is 64.6 Å². The highest BCUT2D eigenvalue weighted by Gasteiger charge is 2.31. The van der Waals surface area contributed by atoms with E-state index in [1.807, 2.05) is 54.6 Å². The molecule has 1 atom stereocenters. The summed E-state index contributed by atoms with van der Waals surface area (Å²) >= 11 is 3.35. The summed E-state index contributed by atoms with van der Waals surface area (Å²) in [6.45, 7) is 0.689. The third-order valence-corrected chi connectivity index (χ3v) is 4.48. The zero-order valence-electron chi connectivity index (χ0n) is 12.5. The van der Waals surface area contributed by atoms with Crippen LogP contribution in [0.4, 0.5) is 5.69 Å². The number of hydrogen-bond donors (Lipinski definition) is 1. The second-order valence-electron chi connectivity index (χ2n) is 5.64. The van der Waals surface area contributed by atoms with Gasteiger partial charge in [-0.05, 0) is 29.8 Å². The first-order valence-electron chi connectivity index (χ1n) is 7.50. The molecule has 1 N–H and O–H groups in total. The number of carbonyl (C=O) groups is 2. The quantitative estimate of drug-likeness (QED) is 0.893. The molecule has 1 saturated heterocycles. The van der Waals surface area contributed by atoms with E-state index in [-0.39, 0.29) is 24.3 Å². The lowest BCUT2D eigenvalue weighted by Crippen LogP contribution is -2.34. The van der Waals surface area contributed by atoms with Crippen LogP contribution < -0.4 is 5.32 Å². The Morgan fingerprint density at radius 3 is 2.52 bits per heavy atom. The normalized spacial score (nSPS) is 17.3. The number of rotatable bonds is 4. The largest absolute Gasteiger partial charge is 0.333 e. The minimum Gasteiger partial charge on any atom is -0.333 e. The SMILES string of the molecule is O=C(CN1C[C@H](c2ccccc2)CC1=O)Nc1ccc(Br)cc1. The van der Waals surface area contributed by atoms with E-state index in [9.17, 15) is 9.59 Å². The Hall–Kier alpha value is -2.14. The number of nitrogens with zero attached hydrogens (tertiary/aromatic N) is 1. The molecule has 23 heavy (non-hydrogen) atoms. The number of hydrogen-bond acceptors (Lipinski definition) is 2. The van der Waals surface area contributed by atoms with Crippen molar-refractivity contribution in [1.82, 2.24) is 4.90 Å². The predicted molar refractivity (Wildman–Crippen MR) is 93.2 cm³/mol. The summed E-state index contributed by atoms with van der Waals surface area (Å²) in [5.41, 5.74) is 1.88. The highest BCUT2D eigenvalue weighted by molar-refractivity contribution is 9.10. The number of benzene rings is 2. The second-order valence-corrected chi connectivity index (χ2v) is 6.56. The van der Waals surface area contributed by atoms with Crippen molar-refractivity contribution < 1.29 is 9.59 Å². The van der Waals surface area contributed by atoms with E-state index in [0.717, 1.165) is 15.7 Å². The van der Waals surface area contributed by atoms with Gasteiger partial charge in [-0.15, -0.1) is 0 Å². The molecule has 0 radical (unpaired) electrons. The monoisotopic (exact) mass is 372 g/mol. The smallest absolute Gasteiger partial charge is 0.243 e. The minimum atomic E-state index is -0.172. The lowest BCUT2D eigenvalue weighted by molar-refractivity contribution is -0.131. The topological polar surface area (TPSA) is 49.4 Å². The van der Waals surface area contributed by atoms with E-state index >= 15 is 0 Å². The van der Waals surface area contributed by atoms with E-state index in [4.69, 9.17) is 0 Å². The minimum absolute atomic E-state index is 0.0322. The van der Waals surface area contributed by atoms with Gasteiger partial charge in [0.2, 0.25) is 11.8 Å². The van der Waals surface area contributed by atoms with Crippen molar-refractivity contribution in [2.75, 3.05) is 18.4 Å². The zero-order chi connectivity index (χ0) is 16.2. The number of anilines is 1. The van der Waals surface area contributed by atoms with Crippen LogP contribution in [0.25, 0.3) is 0 Å². The predicted octanol–water partition coefficient (Wildman–Crippen LogP) is 3.40. The van der Waals surface area contributed by atoms with Gasteiger partial charge in [0.1, 0.15) is 0 Å². The molecule has 2 amide bonds. The molecule has 0 bridgehead atoms. The first-order valence-corrected chi connectivity index (χ1v) is 8.29. The van der Waals surface area contributed by atoms with Gasteiger partial charge in [0, 0.05) is 29.0 Å². The average Bonchev–Trinajstić information content (AvgIpc) is 2.91. The van der Waals surface area contributed by atoms with Gasteiger partial charge >= 0.3 is 0 Å². The molecule has 0 unspecified atom stereocenters. The number of halogens is 1. The third-order valence-electron chi connectivity index (χ3n) is 3.95. The lowest BCUT2D eigenvalue weighted by atomic mass is 9.99. The molecule has 1 heterocycles. The summed E-state index contributed by atoms with van der Waals surface area (Å²) < 4.78 is 0.955. The van der Waals surface area contributed by atoms with Crippen LogP contribution in [-0.2, 0) is 9.59 Å². The Kier molecular flexibility index (Phi) is 4.76. The summed E-state index contributed by atoms with van der Waals surface area (Å²) in [5, 5.41) is 2.82. The number of nitrogens with one attached hydrogen (secondary N) is 1. The first kappa shape index (κ1) is 15.7. The Morgan fingerprint density at radius 1 is 1.13 bits per heavy atom. The molecular formula is C18H17BrN2O2. The van der Waals surface area contributed by atoms with Gasteiger partial charge < -0.3 is 10.2 Å². The molecule has 5 heteroatoms. The maximum absolute atomic E-state index is 12.1. The van der Waals surface area contributed by atoms with Crippen molar-refractivity contribution in [3.8, 4) is 0 Å². The number of carbonyl (C=O) groups excluding carboxylic acids is 2. The summed E-state index contributed by atoms with van der Waals surface area (Å²) in [5.74, 6) is 0.0309. The van der Waals surface area contributed by atoms with Crippen molar-refractivity contribution in [3.63, 3.8) is 0 Å². The second kappa shape index (κ2) is 6.96. The zero-order valence-corrected chi connectivity index (χ0v) is 14.1. The fourth-order valence-corrected chi connectivity index (χ4v) is 3.04. The van der Waals surface area contributed by atoms with Crippen LogP contribution in [-0.4, -0.2) is 29.8 Å². The lowest BCUT2D eigenvalue weighted by Gasteiger charge is -2.16. The molecule has 0 saturated carbocycles. The molecule has 3 rings (SSSR count). The van der Waals surface area contributed by atoms with Crippen molar-refractivity contribution in [1.29, 1.82) is 0 Å². The molecule has 2 aromatic rings. The summed E-state index contributed by atoms with van der Waals surface area (Å²) in [7, 11) is 0. The Morgan fingerprint density at radius 2 is 1.83 bits per heavy atom. The van der Waals surface area contributed by atoms with Crippen molar-refractivity contribution >= 4 is 33.4 Å². The van der Waals surface area contributed by atoms with Crippen LogP contribution in [0, 0.1) is 0 Å². The van der Waals surface area contributed by atoms with Gasteiger partial charge in [-0.25, -0.2) is 0 Å². The highest BCUT2D eigenvalue weighted by atomic mass is 79.9. The highest BCUT2D eigenvalue weighted by Crippen LogP contribution is 2.27. The summed E-state index contributed by atoms with van der Waals surface area (Å²) in [4.78, 5) is 25.9. The molecule has 2 aromatic carbocycles. The van der Waals surface area contributed by atoms with Gasteiger partial charge in [0.15, 0.2) is 0 Å². The van der Waals surface area contributed by atoms with E-state index in [1.54, 1.807) is 4.90 Å². The van der Waals surface area contributed by atoms with E-state index in [0.29, 0.717) is 13.0 Å². The molecule has 1 fully saturated rings. The van der Waals surface area contributed by atoms with Crippen LogP contribution in [0.3, 0.4) is 0 Å². The van der Waals surface area contributed by atoms with E-state index in [1.165, 1.54) is 0 Å². The maximum atomic E-state index is 12.1. The third kappa shape index (κ3) is 3.99. The summed E-state index contributed by atoms with van der Waals surface area (Å²) in [6, 6.07) is 17.3. The standard InChI is InChI=1S/C18H17BrN2O2/c19-15-6-8-16(9-7-15)20-17(22)12-21-11-14(10-18(21)23)13-4-2-1-3-5-13/h1-9,14H,10-12H2,(H,20,22)/t14-/m1/s1. The van der Waals surface area contributed by atoms with Gasteiger partial charge in [0.25, 0.3) is 0 Å². The van der Waals surface area contributed by atoms with Crippen LogP contribution >= 0.6 is 15.9 Å². The van der Waals surface area contributed by atoms with Crippen LogP contribution in [0.15, 0.2) is 59.1 Å². The maximum Gasteiger partial charge on any atom is 0.243 e. The van der Waals surface area contributed by atoms with E-state index in [2.05, 4.69) is 21.2 Å². The first-order chi connectivity index (χ1) is 11.1. The molecule has 0 spiro atoms.